The molecule has 0 aliphatic carbocycles. The van der Waals surface area contributed by atoms with E-state index >= 15 is 0 Å². The first kappa shape index (κ1) is 30.6. The Morgan fingerprint density at radius 2 is 1.75 bits per heavy atom. The van der Waals surface area contributed by atoms with Gasteiger partial charge in [0.1, 0.15) is 18.4 Å². The van der Waals surface area contributed by atoms with Gasteiger partial charge in [-0.3, -0.25) is 4.98 Å². The van der Waals surface area contributed by atoms with Crippen LogP contribution >= 0.6 is 23.2 Å². The van der Waals surface area contributed by atoms with E-state index in [9.17, 15) is 19.3 Å². The number of hydrogen-bond donors (Lipinski definition) is 3. The minimum Gasteiger partial charge on any atom is -0.388 e. The Hall–Kier alpha value is -4.81. The van der Waals surface area contributed by atoms with Crippen molar-refractivity contribution in [3.05, 3.63) is 112 Å². The predicted molar refractivity (Wildman–Crippen MR) is 163 cm³/mol. The van der Waals surface area contributed by atoms with Crippen molar-refractivity contribution in [2.24, 2.45) is 0 Å². The average molecular weight is 633 g/mol. The van der Waals surface area contributed by atoms with Crippen LogP contribution in [0.25, 0.3) is 10.9 Å². The van der Waals surface area contributed by atoms with Crippen LogP contribution in [0.2, 0.25) is 10.0 Å². The van der Waals surface area contributed by atoms with E-state index in [1.807, 2.05) is 30.3 Å². The number of nitrogens with zero attached hydrogens (tertiary/aromatic N) is 6. The number of hydrogen-bond acceptors (Lipinski definition) is 8. The van der Waals surface area contributed by atoms with Crippen LogP contribution in [-0.2, 0) is 6.05 Å². The largest absolute Gasteiger partial charge is 0.388 e. The molecule has 3 aromatic carbocycles. The first-order chi connectivity index (χ1) is 21.2. The maximum Gasteiger partial charge on any atom is 0.367 e. The summed E-state index contributed by atoms with van der Waals surface area (Å²) < 4.78 is 28.7. The highest BCUT2D eigenvalue weighted by Crippen LogP contribution is 2.38. The first-order valence-corrected chi connectivity index (χ1v) is 14.1. The fourth-order valence-corrected chi connectivity index (χ4v) is 5.32. The summed E-state index contributed by atoms with van der Waals surface area (Å²) in [6, 6.07) is 19.3. The number of nitrogens with one attached hydrogen (secondary N) is 2. The van der Waals surface area contributed by atoms with Gasteiger partial charge in [-0.2, -0.15) is 24.0 Å². The lowest BCUT2D eigenvalue weighted by Gasteiger charge is -2.23. The molecule has 13 heteroatoms. The molecular weight excluding hydrogens is 609 g/mol. The number of pyridine rings is 1. The normalized spacial score (nSPS) is 12.7. The number of rotatable bonds is 11. The van der Waals surface area contributed by atoms with Gasteiger partial charge in [-0.25, -0.2) is 0 Å². The van der Waals surface area contributed by atoms with Crippen molar-refractivity contribution in [3.8, 4) is 12.1 Å². The molecule has 44 heavy (non-hydrogen) atoms. The molecule has 0 amide bonds. The number of aromatic nitrogens is 4. The lowest BCUT2D eigenvalue weighted by atomic mass is 10.00. The van der Waals surface area contributed by atoms with E-state index in [2.05, 4.69) is 38.1 Å². The van der Waals surface area contributed by atoms with E-state index in [0.29, 0.717) is 39.3 Å². The predicted octanol–water partition coefficient (Wildman–Crippen LogP) is 7.20. The van der Waals surface area contributed by atoms with Gasteiger partial charge in [0, 0.05) is 28.7 Å². The summed E-state index contributed by atoms with van der Waals surface area (Å²) in [5, 5.41) is 43.8. The topological polar surface area (TPSA) is 135 Å². The van der Waals surface area contributed by atoms with E-state index in [0.717, 1.165) is 11.8 Å². The van der Waals surface area contributed by atoms with E-state index in [1.165, 1.54) is 6.20 Å². The number of fused-ring (bicyclic) bond motifs is 1. The van der Waals surface area contributed by atoms with Gasteiger partial charge in [0.25, 0.3) is 0 Å². The molecule has 0 bridgehead atoms. The first-order valence-electron chi connectivity index (χ1n) is 13.4. The van der Waals surface area contributed by atoms with Gasteiger partial charge in [0.2, 0.25) is 0 Å². The second-order valence-electron chi connectivity index (χ2n) is 9.83. The van der Waals surface area contributed by atoms with Crippen LogP contribution < -0.4 is 10.6 Å². The number of halogens is 4. The number of nitriles is 2. The summed E-state index contributed by atoms with van der Waals surface area (Å²) >= 11 is 13.2. The SMILES string of the molecule is N#CCCC(Nc1c(C#N)cnc2c(Cl)cc(NC(c3cn(C(F)(F)CO)nn3)c3ccccc3Cl)cc12)c1ccccc1. The number of aliphatic hydroxyl groups excluding tert-OH is 1. The third-order valence-corrected chi connectivity index (χ3v) is 7.60. The zero-order valence-corrected chi connectivity index (χ0v) is 24.4. The van der Waals surface area contributed by atoms with Crippen molar-refractivity contribution in [3.63, 3.8) is 0 Å². The highest BCUT2D eigenvalue weighted by Gasteiger charge is 2.33. The van der Waals surface area contributed by atoms with Crippen molar-refractivity contribution in [2.75, 3.05) is 17.2 Å². The number of anilines is 2. The van der Waals surface area contributed by atoms with Gasteiger partial charge < -0.3 is 15.7 Å². The second-order valence-corrected chi connectivity index (χ2v) is 10.6. The molecular formula is C31H24Cl2F2N8O. The van der Waals surface area contributed by atoms with E-state index in [4.69, 9.17) is 28.3 Å². The summed E-state index contributed by atoms with van der Waals surface area (Å²) in [6.45, 7) is -1.46. The van der Waals surface area contributed by atoms with Crippen molar-refractivity contribution in [2.45, 2.75) is 31.0 Å². The van der Waals surface area contributed by atoms with Crippen LogP contribution in [-0.4, -0.2) is 31.7 Å². The molecule has 0 fully saturated rings. The van der Waals surface area contributed by atoms with E-state index in [-0.39, 0.29) is 33.4 Å². The Labute approximate surface area is 261 Å². The molecule has 2 heterocycles. The zero-order valence-electron chi connectivity index (χ0n) is 22.9. The molecule has 2 atom stereocenters. The third kappa shape index (κ3) is 6.41. The van der Waals surface area contributed by atoms with Crippen molar-refractivity contribution >= 4 is 45.5 Å². The zero-order chi connectivity index (χ0) is 31.3. The van der Waals surface area contributed by atoms with Crippen molar-refractivity contribution in [1.82, 2.24) is 20.0 Å². The van der Waals surface area contributed by atoms with Gasteiger partial charge in [-0.05, 0) is 35.7 Å². The summed E-state index contributed by atoms with van der Waals surface area (Å²) in [5.41, 5.74) is 3.16. The molecule has 0 saturated carbocycles. The highest BCUT2D eigenvalue weighted by atomic mass is 35.5. The average Bonchev–Trinajstić information content (AvgIpc) is 3.54. The van der Waals surface area contributed by atoms with Crippen LogP contribution in [0.15, 0.2) is 79.1 Å². The fraction of sp³-hybridized carbons (Fsp3) is 0.194. The maximum atomic E-state index is 14.2. The molecule has 0 radical (unpaired) electrons. The van der Waals surface area contributed by atoms with Gasteiger partial charge in [-0.1, -0.05) is 76.9 Å². The Kier molecular flexibility index (Phi) is 9.21. The summed E-state index contributed by atoms with van der Waals surface area (Å²) in [6.07, 6.45) is 3.22. The van der Waals surface area contributed by atoms with Crippen LogP contribution in [0, 0.1) is 22.7 Å². The molecule has 0 aliphatic rings. The molecule has 0 saturated heterocycles. The van der Waals surface area contributed by atoms with Gasteiger partial charge in [0.05, 0.1) is 46.1 Å². The lowest BCUT2D eigenvalue weighted by Crippen LogP contribution is -2.27. The lowest BCUT2D eigenvalue weighted by molar-refractivity contribution is -0.131. The molecule has 2 aromatic heterocycles. The van der Waals surface area contributed by atoms with Crippen molar-refractivity contribution < 1.29 is 13.9 Å². The van der Waals surface area contributed by atoms with Gasteiger partial charge in [-0.15, -0.1) is 5.10 Å². The Bertz CT molecular complexity index is 1870. The summed E-state index contributed by atoms with van der Waals surface area (Å²) in [4.78, 5) is 4.42. The van der Waals surface area contributed by atoms with Crippen LogP contribution in [0.3, 0.4) is 0 Å². The summed E-state index contributed by atoms with van der Waals surface area (Å²) in [5.74, 6) is 0. The fourth-order valence-electron chi connectivity index (χ4n) is 4.80. The quantitative estimate of drug-likeness (QED) is 0.139. The van der Waals surface area contributed by atoms with E-state index < -0.39 is 18.7 Å². The molecule has 0 spiro atoms. The van der Waals surface area contributed by atoms with Crippen LogP contribution in [0.4, 0.5) is 20.2 Å². The molecule has 9 nitrogen and oxygen atoms in total. The van der Waals surface area contributed by atoms with Gasteiger partial charge in [0.15, 0.2) is 0 Å². The highest BCUT2D eigenvalue weighted by molar-refractivity contribution is 6.36. The molecule has 3 N–H and O–H groups in total. The third-order valence-electron chi connectivity index (χ3n) is 6.97. The molecule has 0 aliphatic heterocycles. The monoisotopic (exact) mass is 632 g/mol. The summed E-state index contributed by atoms with van der Waals surface area (Å²) in [7, 11) is 0. The number of aliphatic hydroxyl groups is 1. The second kappa shape index (κ2) is 13.2. The Morgan fingerprint density at radius 3 is 2.45 bits per heavy atom. The molecule has 222 valence electrons. The number of alkyl halides is 2. The smallest absolute Gasteiger partial charge is 0.367 e. The molecule has 5 rings (SSSR count). The van der Waals surface area contributed by atoms with Crippen molar-refractivity contribution in [1.29, 1.82) is 10.5 Å². The molecule has 2 unspecified atom stereocenters. The number of benzene rings is 3. The standard InChI is InChI=1S/C31H24Cl2F2N8O/c32-24-10-5-4-9-22(24)30(27-17-43(42-41-27)31(34,35)18-44)39-21-13-23-28(20(15-37)16-38-29(23)25(33)14-21)40-26(11-6-12-36)19-7-2-1-3-8-19/h1-5,7-10,13-14,16-17,26,30,39,44H,6,11,18H2,(H,38,40). The molecule has 5 aromatic rings. The maximum absolute atomic E-state index is 14.2. The minimum atomic E-state index is -3.66. The van der Waals surface area contributed by atoms with Gasteiger partial charge >= 0.3 is 6.05 Å². The Balaban J connectivity index is 1.62. The van der Waals surface area contributed by atoms with E-state index in [1.54, 1.807) is 36.4 Å². The Morgan fingerprint density at radius 1 is 1.00 bits per heavy atom. The van der Waals surface area contributed by atoms with Crippen LogP contribution in [0.1, 0.15) is 47.3 Å². The van der Waals surface area contributed by atoms with Crippen LogP contribution in [0.5, 0.6) is 0 Å². The minimum absolute atomic E-state index is 0.102.